The average molecular weight is 286 g/mol. The van der Waals surface area contributed by atoms with E-state index >= 15 is 0 Å². The molecule has 1 aliphatic rings. The number of fused-ring (bicyclic) bond motifs is 1. The molecule has 2 N–H and O–H groups in total. The molecule has 0 fully saturated rings. The van der Waals surface area contributed by atoms with E-state index in [-0.39, 0.29) is 29.5 Å². The lowest BCUT2D eigenvalue weighted by molar-refractivity contribution is 0.0841. The molecular weight excluding hydrogens is 272 g/mol. The minimum Gasteiger partial charge on any atom is -0.508 e. The molecule has 0 spiro atoms. The standard InChI is InChI=1S/C16H14O5/c1-20-11-6-12-13(18)8-15(21-16(12)14(19)7-11)9-2-4-10(17)5-3-9/h2-7,15,17,19H,8H2,1H3/t15-/m1/s1. The number of ether oxygens (including phenoxy) is 2. The topological polar surface area (TPSA) is 76.0 Å². The number of hydrogen-bond acceptors (Lipinski definition) is 5. The number of Topliss-reactive ketones (excluding diaryl/α,β-unsaturated/α-hetero) is 1. The van der Waals surface area contributed by atoms with Gasteiger partial charge in [0.25, 0.3) is 0 Å². The second-order valence-electron chi connectivity index (χ2n) is 4.85. The van der Waals surface area contributed by atoms with Crippen LogP contribution in [0.15, 0.2) is 36.4 Å². The molecule has 0 amide bonds. The van der Waals surface area contributed by atoms with Crippen molar-refractivity contribution in [1.82, 2.24) is 0 Å². The first-order valence-electron chi connectivity index (χ1n) is 6.48. The summed E-state index contributed by atoms with van der Waals surface area (Å²) in [5.74, 6) is 0.481. The van der Waals surface area contributed by atoms with Crippen molar-refractivity contribution in [1.29, 1.82) is 0 Å². The van der Waals surface area contributed by atoms with Crippen molar-refractivity contribution >= 4 is 5.78 Å². The highest BCUT2D eigenvalue weighted by atomic mass is 16.5. The minimum absolute atomic E-state index is 0.122. The number of hydrogen-bond donors (Lipinski definition) is 2. The van der Waals surface area contributed by atoms with Crippen LogP contribution in [-0.2, 0) is 0 Å². The van der Waals surface area contributed by atoms with E-state index in [2.05, 4.69) is 0 Å². The normalized spacial score (nSPS) is 17.0. The van der Waals surface area contributed by atoms with E-state index in [4.69, 9.17) is 9.47 Å². The Kier molecular flexibility index (Phi) is 3.17. The van der Waals surface area contributed by atoms with Crippen LogP contribution in [0.5, 0.6) is 23.0 Å². The maximum atomic E-state index is 12.3. The molecule has 108 valence electrons. The summed E-state index contributed by atoms with van der Waals surface area (Å²) in [6, 6.07) is 9.42. The van der Waals surface area contributed by atoms with Gasteiger partial charge in [0.2, 0.25) is 0 Å². The summed E-state index contributed by atoms with van der Waals surface area (Å²) in [6.07, 6.45) is -0.311. The first-order chi connectivity index (χ1) is 10.1. The van der Waals surface area contributed by atoms with Gasteiger partial charge in [-0.15, -0.1) is 0 Å². The van der Waals surface area contributed by atoms with Gasteiger partial charge in [-0.1, -0.05) is 12.1 Å². The van der Waals surface area contributed by atoms with Crippen molar-refractivity contribution in [2.75, 3.05) is 7.11 Å². The third kappa shape index (κ3) is 2.38. The molecule has 0 radical (unpaired) electrons. The van der Waals surface area contributed by atoms with Crippen LogP contribution in [0.25, 0.3) is 0 Å². The molecule has 0 aromatic heterocycles. The lowest BCUT2D eigenvalue weighted by atomic mass is 9.95. The van der Waals surface area contributed by atoms with Crippen LogP contribution in [0, 0.1) is 0 Å². The van der Waals surface area contributed by atoms with Crippen LogP contribution in [0.1, 0.15) is 28.4 Å². The van der Waals surface area contributed by atoms with E-state index in [0.29, 0.717) is 11.3 Å². The van der Waals surface area contributed by atoms with Gasteiger partial charge in [0.15, 0.2) is 17.3 Å². The van der Waals surface area contributed by atoms with E-state index in [1.165, 1.54) is 25.3 Å². The van der Waals surface area contributed by atoms with Gasteiger partial charge in [0.1, 0.15) is 17.6 Å². The van der Waals surface area contributed by atoms with Crippen LogP contribution < -0.4 is 9.47 Å². The van der Waals surface area contributed by atoms with Crippen LogP contribution in [0.2, 0.25) is 0 Å². The van der Waals surface area contributed by atoms with Crippen LogP contribution in [-0.4, -0.2) is 23.1 Å². The van der Waals surface area contributed by atoms with Crippen molar-refractivity contribution in [2.24, 2.45) is 0 Å². The lowest BCUT2D eigenvalue weighted by Crippen LogP contribution is -2.20. The Labute approximate surface area is 121 Å². The molecule has 0 aliphatic carbocycles. The van der Waals surface area contributed by atoms with E-state index in [9.17, 15) is 15.0 Å². The number of benzene rings is 2. The van der Waals surface area contributed by atoms with Gasteiger partial charge in [-0.05, 0) is 23.8 Å². The fourth-order valence-electron chi connectivity index (χ4n) is 2.37. The molecule has 0 saturated carbocycles. The summed E-state index contributed by atoms with van der Waals surface area (Å²) >= 11 is 0. The number of rotatable bonds is 2. The molecule has 2 aromatic rings. The highest BCUT2D eigenvalue weighted by Crippen LogP contribution is 2.43. The van der Waals surface area contributed by atoms with Gasteiger partial charge < -0.3 is 19.7 Å². The fourth-order valence-corrected chi connectivity index (χ4v) is 2.37. The van der Waals surface area contributed by atoms with E-state index in [1.54, 1.807) is 18.2 Å². The fraction of sp³-hybridized carbons (Fsp3) is 0.188. The van der Waals surface area contributed by atoms with Crippen LogP contribution in [0.4, 0.5) is 0 Å². The molecule has 5 heteroatoms. The molecule has 0 bridgehead atoms. The van der Waals surface area contributed by atoms with Gasteiger partial charge in [-0.2, -0.15) is 0 Å². The monoisotopic (exact) mass is 286 g/mol. The van der Waals surface area contributed by atoms with Crippen molar-refractivity contribution < 1.29 is 24.5 Å². The number of carbonyl (C=O) groups is 1. The second-order valence-corrected chi connectivity index (χ2v) is 4.85. The maximum absolute atomic E-state index is 12.3. The zero-order valence-corrected chi connectivity index (χ0v) is 11.4. The van der Waals surface area contributed by atoms with Gasteiger partial charge in [0, 0.05) is 6.07 Å². The van der Waals surface area contributed by atoms with Gasteiger partial charge in [0.05, 0.1) is 19.1 Å². The Morgan fingerprint density at radius 2 is 1.90 bits per heavy atom. The number of ketones is 1. The number of phenolic OH excluding ortho intramolecular Hbond substituents is 2. The molecule has 0 saturated heterocycles. The average Bonchev–Trinajstić information content (AvgIpc) is 2.48. The van der Waals surface area contributed by atoms with Gasteiger partial charge >= 0.3 is 0 Å². The summed E-state index contributed by atoms with van der Waals surface area (Å²) in [7, 11) is 1.47. The smallest absolute Gasteiger partial charge is 0.172 e. The molecule has 5 nitrogen and oxygen atoms in total. The molecule has 2 aromatic carbocycles. The summed E-state index contributed by atoms with van der Waals surface area (Å²) in [6.45, 7) is 0. The Balaban J connectivity index is 1.99. The molecule has 1 aliphatic heterocycles. The van der Waals surface area contributed by atoms with Crippen molar-refractivity contribution in [3.05, 3.63) is 47.5 Å². The molecule has 1 atom stereocenters. The van der Waals surface area contributed by atoms with E-state index < -0.39 is 6.10 Å². The third-order valence-electron chi connectivity index (χ3n) is 3.47. The summed E-state index contributed by atoms with van der Waals surface area (Å²) < 4.78 is 10.8. The third-order valence-corrected chi connectivity index (χ3v) is 3.47. The zero-order valence-electron chi connectivity index (χ0n) is 11.4. The predicted molar refractivity (Wildman–Crippen MR) is 75.1 cm³/mol. The minimum atomic E-state index is -0.482. The Morgan fingerprint density at radius 1 is 1.19 bits per heavy atom. The molecule has 3 rings (SSSR count). The first kappa shape index (κ1) is 13.3. The summed E-state index contributed by atoms with van der Waals surface area (Å²) in [5, 5.41) is 19.3. The lowest BCUT2D eigenvalue weighted by Gasteiger charge is -2.26. The highest BCUT2D eigenvalue weighted by Gasteiger charge is 2.30. The number of phenols is 2. The SMILES string of the molecule is COc1cc(O)c2c(c1)C(=O)C[C@H](c1ccc(O)cc1)O2. The first-order valence-corrected chi connectivity index (χ1v) is 6.48. The van der Waals surface area contributed by atoms with Crippen LogP contribution >= 0.6 is 0 Å². The Morgan fingerprint density at radius 3 is 2.57 bits per heavy atom. The number of methoxy groups -OCH3 is 1. The summed E-state index contributed by atoms with van der Waals surface area (Å²) in [5.41, 5.74) is 1.09. The maximum Gasteiger partial charge on any atom is 0.172 e. The summed E-state index contributed by atoms with van der Waals surface area (Å²) in [4.78, 5) is 12.3. The largest absolute Gasteiger partial charge is 0.508 e. The molecule has 0 unspecified atom stereocenters. The Hall–Kier alpha value is -2.69. The van der Waals surface area contributed by atoms with Gasteiger partial charge in [-0.25, -0.2) is 0 Å². The van der Waals surface area contributed by atoms with E-state index in [1.807, 2.05) is 0 Å². The molecular formula is C16H14O5. The quantitative estimate of drug-likeness (QED) is 0.887. The predicted octanol–water partition coefficient (Wildman–Crippen LogP) is 2.81. The van der Waals surface area contributed by atoms with Crippen LogP contribution in [0.3, 0.4) is 0 Å². The zero-order chi connectivity index (χ0) is 15.0. The number of carbonyl (C=O) groups excluding carboxylic acids is 1. The number of aromatic hydroxyl groups is 2. The highest BCUT2D eigenvalue weighted by molar-refractivity contribution is 6.01. The van der Waals surface area contributed by atoms with Crippen molar-refractivity contribution in [3.63, 3.8) is 0 Å². The van der Waals surface area contributed by atoms with Gasteiger partial charge in [-0.3, -0.25) is 4.79 Å². The second kappa shape index (κ2) is 5.01. The van der Waals surface area contributed by atoms with Crippen molar-refractivity contribution in [2.45, 2.75) is 12.5 Å². The van der Waals surface area contributed by atoms with E-state index in [0.717, 1.165) is 5.56 Å². The Bertz CT molecular complexity index is 691. The molecule has 1 heterocycles. The molecule has 21 heavy (non-hydrogen) atoms. The van der Waals surface area contributed by atoms with Crippen molar-refractivity contribution in [3.8, 4) is 23.0 Å².